The summed E-state index contributed by atoms with van der Waals surface area (Å²) < 4.78 is 0. The molecule has 1 heterocycles. The van der Waals surface area contributed by atoms with Crippen LogP contribution in [0.25, 0.3) is 0 Å². The van der Waals surface area contributed by atoms with E-state index < -0.39 is 11.9 Å². The van der Waals surface area contributed by atoms with Gasteiger partial charge < -0.3 is 5.32 Å². The molecular formula is C6H9N3O3. The van der Waals surface area contributed by atoms with Crippen LogP contribution in [0.3, 0.4) is 0 Å². The van der Waals surface area contributed by atoms with Crippen molar-refractivity contribution in [3.63, 3.8) is 0 Å². The van der Waals surface area contributed by atoms with Gasteiger partial charge >= 0.3 is 0 Å². The SMILES string of the molecule is O=CNNC(=O)[C@@H]1CCC(=O)N1. The highest BCUT2D eigenvalue weighted by molar-refractivity contribution is 5.90. The lowest BCUT2D eigenvalue weighted by atomic mass is 10.2. The van der Waals surface area contributed by atoms with Gasteiger partial charge in [-0.25, -0.2) is 0 Å². The highest BCUT2D eigenvalue weighted by Crippen LogP contribution is 2.05. The van der Waals surface area contributed by atoms with Crippen molar-refractivity contribution in [2.75, 3.05) is 0 Å². The Kier molecular flexibility index (Phi) is 2.62. The van der Waals surface area contributed by atoms with Crippen molar-refractivity contribution in [2.45, 2.75) is 18.9 Å². The average molecular weight is 171 g/mol. The van der Waals surface area contributed by atoms with Crippen LogP contribution in [0, 0.1) is 0 Å². The van der Waals surface area contributed by atoms with E-state index in [0.29, 0.717) is 19.3 Å². The summed E-state index contributed by atoms with van der Waals surface area (Å²) >= 11 is 0. The number of hydrogen-bond acceptors (Lipinski definition) is 3. The molecule has 12 heavy (non-hydrogen) atoms. The van der Waals surface area contributed by atoms with Crippen LogP contribution in [0.15, 0.2) is 0 Å². The van der Waals surface area contributed by atoms with Crippen molar-refractivity contribution in [1.82, 2.24) is 16.2 Å². The number of amides is 3. The molecule has 1 rings (SSSR count). The first-order valence-corrected chi connectivity index (χ1v) is 3.52. The van der Waals surface area contributed by atoms with Crippen LogP contribution in [0.5, 0.6) is 0 Å². The summed E-state index contributed by atoms with van der Waals surface area (Å²) in [6.07, 6.45) is 1.19. The second-order valence-electron chi connectivity index (χ2n) is 2.41. The van der Waals surface area contributed by atoms with E-state index in [2.05, 4.69) is 10.7 Å². The highest BCUT2D eigenvalue weighted by atomic mass is 16.2. The van der Waals surface area contributed by atoms with Crippen molar-refractivity contribution < 1.29 is 14.4 Å². The third kappa shape index (κ3) is 1.94. The fourth-order valence-corrected chi connectivity index (χ4v) is 0.998. The quantitative estimate of drug-likeness (QED) is 0.340. The summed E-state index contributed by atoms with van der Waals surface area (Å²) in [5.74, 6) is -0.533. The summed E-state index contributed by atoms with van der Waals surface area (Å²) in [5, 5.41) is 2.46. The molecule has 0 unspecified atom stereocenters. The third-order valence-electron chi connectivity index (χ3n) is 1.57. The topological polar surface area (TPSA) is 87.3 Å². The molecular weight excluding hydrogens is 162 g/mol. The predicted molar refractivity (Wildman–Crippen MR) is 38.5 cm³/mol. The van der Waals surface area contributed by atoms with Crippen molar-refractivity contribution in [3.8, 4) is 0 Å². The summed E-state index contributed by atoms with van der Waals surface area (Å²) in [5.41, 5.74) is 4.13. The first kappa shape index (κ1) is 8.51. The molecule has 0 saturated carbocycles. The molecule has 6 heteroatoms. The van der Waals surface area contributed by atoms with Crippen LogP contribution < -0.4 is 16.2 Å². The highest BCUT2D eigenvalue weighted by Gasteiger charge is 2.26. The number of hydrogen-bond donors (Lipinski definition) is 3. The Morgan fingerprint density at radius 2 is 2.42 bits per heavy atom. The van der Waals surface area contributed by atoms with Gasteiger partial charge in [0, 0.05) is 6.42 Å². The van der Waals surface area contributed by atoms with Gasteiger partial charge in [0.2, 0.25) is 12.3 Å². The molecule has 1 fully saturated rings. The predicted octanol–water partition coefficient (Wildman–Crippen LogP) is -1.96. The average Bonchev–Trinajstić information content (AvgIpc) is 2.47. The number of hydrazine groups is 1. The molecule has 0 radical (unpaired) electrons. The molecule has 1 saturated heterocycles. The second kappa shape index (κ2) is 3.70. The monoisotopic (exact) mass is 171 g/mol. The lowest BCUT2D eigenvalue weighted by Gasteiger charge is -2.08. The maximum atomic E-state index is 11.0. The molecule has 1 aliphatic heterocycles. The maximum absolute atomic E-state index is 11.0. The van der Waals surface area contributed by atoms with E-state index in [9.17, 15) is 14.4 Å². The van der Waals surface area contributed by atoms with Crippen LogP contribution in [0.2, 0.25) is 0 Å². The Hall–Kier alpha value is -1.59. The molecule has 66 valence electrons. The lowest BCUT2D eigenvalue weighted by molar-refractivity contribution is -0.127. The zero-order valence-corrected chi connectivity index (χ0v) is 6.29. The van der Waals surface area contributed by atoms with Crippen molar-refractivity contribution >= 4 is 18.2 Å². The van der Waals surface area contributed by atoms with Crippen molar-refractivity contribution in [3.05, 3.63) is 0 Å². The van der Waals surface area contributed by atoms with Crippen LogP contribution in [0.4, 0.5) is 0 Å². The van der Waals surface area contributed by atoms with Crippen LogP contribution >= 0.6 is 0 Å². The lowest BCUT2D eigenvalue weighted by Crippen LogP contribution is -2.47. The molecule has 0 aliphatic carbocycles. The van der Waals surface area contributed by atoms with Gasteiger partial charge in [0.05, 0.1) is 0 Å². The summed E-state index contributed by atoms with van der Waals surface area (Å²) in [4.78, 5) is 31.4. The van der Waals surface area contributed by atoms with E-state index >= 15 is 0 Å². The maximum Gasteiger partial charge on any atom is 0.260 e. The number of carbonyl (C=O) groups excluding carboxylic acids is 3. The molecule has 0 aromatic carbocycles. The van der Waals surface area contributed by atoms with E-state index in [1.807, 2.05) is 5.43 Å². The molecule has 0 aromatic heterocycles. The zero-order chi connectivity index (χ0) is 8.97. The number of carbonyl (C=O) groups is 3. The Morgan fingerprint density at radius 1 is 1.67 bits per heavy atom. The minimum atomic E-state index is -0.509. The van der Waals surface area contributed by atoms with Gasteiger partial charge in [-0.2, -0.15) is 0 Å². The summed E-state index contributed by atoms with van der Waals surface area (Å²) in [7, 11) is 0. The Bertz CT molecular complexity index is 216. The molecule has 6 nitrogen and oxygen atoms in total. The van der Waals surface area contributed by atoms with Crippen molar-refractivity contribution in [2.24, 2.45) is 0 Å². The standard InChI is InChI=1S/C6H9N3O3/c10-3-7-9-6(12)4-1-2-5(11)8-4/h3-4H,1-2H2,(H,7,10)(H,8,11)(H,9,12)/t4-/m0/s1. The van der Waals surface area contributed by atoms with Crippen LogP contribution in [-0.2, 0) is 14.4 Å². The van der Waals surface area contributed by atoms with Crippen molar-refractivity contribution in [1.29, 1.82) is 0 Å². The molecule has 1 aliphatic rings. The fourth-order valence-electron chi connectivity index (χ4n) is 0.998. The Labute approximate surface area is 68.7 Å². The minimum absolute atomic E-state index is 0.138. The molecule has 3 N–H and O–H groups in total. The molecule has 0 aromatic rings. The van der Waals surface area contributed by atoms with Gasteiger partial charge in [-0.1, -0.05) is 0 Å². The van der Waals surface area contributed by atoms with Gasteiger partial charge in [-0.15, -0.1) is 0 Å². The van der Waals surface area contributed by atoms with E-state index in [1.54, 1.807) is 0 Å². The molecule has 0 bridgehead atoms. The van der Waals surface area contributed by atoms with Gasteiger partial charge in [-0.3, -0.25) is 25.2 Å². The van der Waals surface area contributed by atoms with E-state index in [0.717, 1.165) is 0 Å². The number of nitrogens with one attached hydrogen (secondary N) is 3. The number of rotatable bonds is 3. The van der Waals surface area contributed by atoms with Gasteiger partial charge in [-0.05, 0) is 6.42 Å². The largest absolute Gasteiger partial charge is 0.344 e. The van der Waals surface area contributed by atoms with E-state index in [1.165, 1.54) is 0 Å². The smallest absolute Gasteiger partial charge is 0.260 e. The van der Waals surface area contributed by atoms with Gasteiger partial charge in [0.25, 0.3) is 5.91 Å². The molecule has 0 spiro atoms. The third-order valence-corrected chi connectivity index (χ3v) is 1.57. The minimum Gasteiger partial charge on any atom is -0.344 e. The normalized spacial score (nSPS) is 21.3. The van der Waals surface area contributed by atoms with Crippen LogP contribution in [-0.4, -0.2) is 24.3 Å². The van der Waals surface area contributed by atoms with Gasteiger partial charge in [0.1, 0.15) is 6.04 Å². The summed E-state index contributed by atoms with van der Waals surface area (Å²) in [6, 6.07) is -0.509. The molecule has 3 amide bonds. The first-order valence-electron chi connectivity index (χ1n) is 3.52. The molecule has 1 atom stereocenters. The van der Waals surface area contributed by atoms with E-state index in [4.69, 9.17) is 0 Å². The zero-order valence-electron chi connectivity index (χ0n) is 6.29. The Morgan fingerprint density at radius 3 is 2.92 bits per heavy atom. The fraction of sp³-hybridized carbons (Fsp3) is 0.500. The second-order valence-corrected chi connectivity index (χ2v) is 2.41. The van der Waals surface area contributed by atoms with E-state index in [-0.39, 0.29) is 5.91 Å². The Balaban J connectivity index is 2.32. The summed E-state index contributed by atoms with van der Waals surface area (Å²) in [6.45, 7) is 0. The first-order chi connectivity index (χ1) is 5.74. The van der Waals surface area contributed by atoms with Crippen LogP contribution in [0.1, 0.15) is 12.8 Å². The van der Waals surface area contributed by atoms with Gasteiger partial charge in [0.15, 0.2) is 0 Å².